The Morgan fingerprint density at radius 1 is 1.48 bits per heavy atom. The van der Waals surface area contributed by atoms with E-state index in [2.05, 4.69) is 25.9 Å². The number of aliphatic hydroxyl groups is 1. The molecule has 2 rings (SSSR count). The fourth-order valence-electron chi connectivity index (χ4n) is 1.64. The number of ether oxygens (including phenoxy) is 1. The lowest BCUT2D eigenvalue weighted by Gasteiger charge is -2.15. The summed E-state index contributed by atoms with van der Waals surface area (Å²) in [4.78, 5) is 7.87. The summed E-state index contributed by atoms with van der Waals surface area (Å²) in [6.07, 6.45) is 0.947. The minimum absolute atomic E-state index is 0.0194. The van der Waals surface area contributed by atoms with E-state index in [-0.39, 0.29) is 37.9 Å². The molecule has 114 valence electrons. The van der Waals surface area contributed by atoms with Crippen molar-refractivity contribution in [3.05, 3.63) is 15.3 Å². The standard InChI is InChI=1S/C12H11BrClFN2O3S/c1-4(18)3-20-10-5-9(8(15)6(13)7(10)14)16-12(21-2)17-11(5)19/h4,18H,3H2,1-2H3,(H,16,17,19)/t4-/m1/s1. The predicted octanol–water partition coefficient (Wildman–Crippen LogP) is 3.37. The first-order valence-corrected chi connectivity index (χ1v) is 8.18. The number of hydrogen-bond acceptors (Lipinski definition) is 6. The SMILES string of the molecule is CSc1nc(O)c2c(OC[C@@H](C)O)c(Cl)c(Br)c(F)c2n1. The number of benzene rings is 1. The molecule has 9 heteroatoms. The number of aliphatic hydroxyl groups excluding tert-OH is 1. The number of thioether (sulfide) groups is 1. The molecule has 5 nitrogen and oxygen atoms in total. The molecule has 0 radical (unpaired) electrons. The summed E-state index contributed by atoms with van der Waals surface area (Å²) in [6, 6.07) is 0. The van der Waals surface area contributed by atoms with Crippen LogP contribution in [-0.4, -0.2) is 39.1 Å². The number of rotatable bonds is 4. The summed E-state index contributed by atoms with van der Waals surface area (Å²) in [5.41, 5.74) is -0.108. The Morgan fingerprint density at radius 2 is 2.14 bits per heavy atom. The van der Waals surface area contributed by atoms with E-state index in [1.807, 2.05) is 0 Å². The fraction of sp³-hybridized carbons (Fsp3) is 0.333. The first-order valence-electron chi connectivity index (χ1n) is 5.78. The first-order chi connectivity index (χ1) is 9.86. The third kappa shape index (κ3) is 3.18. The second-order valence-electron chi connectivity index (χ2n) is 4.19. The Bertz CT molecular complexity index is 702. The maximum Gasteiger partial charge on any atom is 0.226 e. The largest absolute Gasteiger partial charge is 0.493 e. The Morgan fingerprint density at radius 3 is 2.71 bits per heavy atom. The third-order valence-corrected chi connectivity index (χ3v) is 4.42. The average Bonchev–Trinajstić information content (AvgIpc) is 2.44. The van der Waals surface area contributed by atoms with Crippen molar-refractivity contribution < 1.29 is 19.3 Å². The van der Waals surface area contributed by atoms with Gasteiger partial charge in [-0.15, -0.1) is 0 Å². The molecule has 0 saturated carbocycles. The van der Waals surface area contributed by atoms with Crippen LogP contribution in [0.2, 0.25) is 5.02 Å². The number of halogens is 3. The molecule has 0 unspecified atom stereocenters. The Balaban J connectivity index is 2.77. The van der Waals surface area contributed by atoms with Crippen molar-refractivity contribution in [2.24, 2.45) is 0 Å². The van der Waals surface area contributed by atoms with Gasteiger partial charge in [0.05, 0.1) is 10.6 Å². The lowest BCUT2D eigenvalue weighted by atomic mass is 10.2. The van der Waals surface area contributed by atoms with Crippen LogP contribution in [0.4, 0.5) is 4.39 Å². The topological polar surface area (TPSA) is 75.5 Å². The lowest BCUT2D eigenvalue weighted by molar-refractivity contribution is 0.123. The number of aromatic nitrogens is 2. The molecule has 1 atom stereocenters. The van der Waals surface area contributed by atoms with Crippen molar-refractivity contribution in [3.8, 4) is 11.6 Å². The minimum atomic E-state index is -0.756. The number of hydrogen-bond donors (Lipinski definition) is 2. The van der Waals surface area contributed by atoms with Crippen LogP contribution in [0.1, 0.15) is 6.92 Å². The van der Waals surface area contributed by atoms with Gasteiger partial charge in [-0.2, -0.15) is 4.98 Å². The summed E-state index contributed by atoms with van der Waals surface area (Å²) >= 11 is 10.2. The van der Waals surface area contributed by atoms with Crippen LogP contribution in [-0.2, 0) is 0 Å². The van der Waals surface area contributed by atoms with Crippen LogP contribution in [0, 0.1) is 5.82 Å². The molecule has 21 heavy (non-hydrogen) atoms. The highest BCUT2D eigenvalue weighted by molar-refractivity contribution is 9.10. The highest BCUT2D eigenvalue weighted by Crippen LogP contribution is 2.44. The highest BCUT2D eigenvalue weighted by atomic mass is 79.9. The molecule has 1 aromatic heterocycles. The summed E-state index contributed by atoms with van der Waals surface area (Å²) in [5, 5.41) is 19.5. The van der Waals surface area contributed by atoms with Crippen LogP contribution in [0.5, 0.6) is 11.6 Å². The maximum absolute atomic E-state index is 14.3. The fourth-order valence-corrected chi connectivity index (χ4v) is 2.60. The van der Waals surface area contributed by atoms with E-state index in [1.54, 1.807) is 6.26 Å². The molecule has 0 aliphatic carbocycles. The number of aromatic hydroxyl groups is 1. The van der Waals surface area contributed by atoms with Crippen molar-refractivity contribution in [1.82, 2.24) is 9.97 Å². The van der Waals surface area contributed by atoms with Crippen LogP contribution in [0.25, 0.3) is 10.9 Å². The molecule has 1 aromatic carbocycles. The van der Waals surface area contributed by atoms with Gasteiger partial charge in [0, 0.05) is 0 Å². The van der Waals surface area contributed by atoms with Crippen LogP contribution in [0.3, 0.4) is 0 Å². The molecule has 0 aliphatic heterocycles. The van der Waals surface area contributed by atoms with E-state index < -0.39 is 17.8 Å². The predicted molar refractivity (Wildman–Crippen MR) is 82.8 cm³/mol. The van der Waals surface area contributed by atoms with E-state index in [0.717, 1.165) is 11.8 Å². The Labute approximate surface area is 137 Å². The van der Waals surface area contributed by atoms with Crippen LogP contribution < -0.4 is 4.74 Å². The summed E-state index contributed by atoms with van der Waals surface area (Å²) in [6.45, 7) is 1.45. The van der Waals surface area contributed by atoms with Gasteiger partial charge in [0.2, 0.25) is 5.88 Å². The van der Waals surface area contributed by atoms with Gasteiger partial charge in [-0.25, -0.2) is 9.37 Å². The molecule has 2 aromatic rings. The number of fused-ring (bicyclic) bond motifs is 1. The van der Waals surface area contributed by atoms with E-state index >= 15 is 0 Å². The van der Waals surface area contributed by atoms with Crippen LogP contribution in [0.15, 0.2) is 9.63 Å². The van der Waals surface area contributed by atoms with Crippen molar-refractivity contribution in [3.63, 3.8) is 0 Å². The molecule has 1 heterocycles. The van der Waals surface area contributed by atoms with E-state index in [4.69, 9.17) is 16.3 Å². The highest BCUT2D eigenvalue weighted by Gasteiger charge is 2.23. The normalized spacial score (nSPS) is 12.7. The summed E-state index contributed by atoms with van der Waals surface area (Å²) < 4.78 is 19.6. The second kappa shape index (κ2) is 6.51. The smallest absolute Gasteiger partial charge is 0.226 e. The first kappa shape index (κ1) is 16.5. The van der Waals surface area contributed by atoms with Crippen LogP contribution >= 0.6 is 39.3 Å². The molecule has 0 fully saturated rings. The Kier molecular flexibility index (Phi) is 5.13. The monoisotopic (exact) mass is 396 g/mol. The zero-order valence-corrected chi connectivity index (χ0v) is 14.2. The zero-order chi connectivity index (χ0) is 15.7. The van der Waals surface area contributed by atoms with Crippen molar-refractivity contribution >= 4 is 50.2 Å². The Hall–Kier alpha value is -0.830. The minimum Gasteiger partial charge on any atom is -0.493 e. The second-order valence-corrected chi connectivity index (χ2v) is 6.13. The number of nitrogens with zero attached hydrogens (tertiary/aromatic N) is 2. The van der Waals surface area contributed by atoms with Gasteiger partial charge in [0.1, 0.15) is 22.5 Å². The van der Waals surface area contributed by atoms with Crippen molar-refractivity contribution in [2.75, 3.05) is 12.9 Å². The summed E-state index contributed by atoms with van der Waals surface area (Å²) in [5.74, 6) is -1.13. The molecule has 0 amide bonds. The van der Waals surface area contributed by atoms with Gasteiger partial charge < -0.3 is 14.9 Å². The van der Waals surface area contributed by atoms with Crippen molar-refractivity contribution in [1.29, 1.82) is 0 Å². The zero-order valence-electron chi connectivity index (χ0n) is 11.0. The maximum atomic E-state index is 14.3. The quantitative estimate of drug-likeness (QED) is 0.468. The van der Waals surface area contributed by atoms with Gasteiger partial charge in [-0.3, -0.25) is 0 Å². The third-order valence-electron chi connectivity index (χ3n) is 2.54. The van der Waals surface area contributed by atoms with Gasteiger partial charge in [-0.1, -0.05) is 23.4 Å². The molecular weight excluding hydrogens is 387 g/mol. The van der Waals surface area contributed by atoms with E-state index in [1.165, 1.54) is 6.92 Å². The molecular formula is C12H11BrClFN2O3S. The molecule has 2 N–H and O–H groups in total. The molecule has 0 spiro atoms. The van der Waals surface area contributed by atoms with Gasteiger partial charge in [-0.05, 0) is 29.1 Å². The van der Waals surface area contributed by atoms with Crippen molar-refractivity contribution in [2.45, 2.75) is 18.2 Å². The lowest BCUT2D eigenvalue weighted by Crippen LogP contribution is -2.13. The molecule has 0 saturated heterocycles. The van der Waals surface area contributed by atoms with Gasteiger partial charge in [0.15, 0.2) is 16.7 Å². The summed E-state index contributed by atoms with van der Waals surface area (Å²) in [7, 11) is 0. The van der Waals surface area contributed by atoms with E-state index in [9.17, 15) is 14.6 Å². The van der Waals surface area contributed by atoms with E-state index in [0.29, 0.717) is 0 Å². The van der Waals surface area contributed by atoms with Gasteiger partial charge >= 0.3 is 0 Å². The molecule has 0 aliphatic rings. The average molecular weight is 398 g/mol. The van der Waals surface area contributed by atoms with Gasteiger partial charge in [0.25, 0.3) is 0 Å². The molecule has 0 bridgehead atoms.